The van der Waals surface area contributed by atoms with Gasteiger partial charge < -0.3 is 0 Å². The van der Waals surface area contributed by atoms with Gasteiger partial charge in [0.05, 0.1) is 0 Å². The highest BCUT2D eigenvalue weighted by Gasteiger charge is 2.42. The first-order valence-electron chi connectivity index (χ1n) is 6.16. The fourth-order valence-electron chi connectivity index (χ4n) is 3.43. The smallest absolute Gasteiger partial charge is 0.136 e. The highest BCUT2D eigenvalue weighted by molar-refractivity contribution is 5.82. The zero-order valence-electron chi connectivity index (χ0n) is 10.2. The van der Waals surface area contributed by atoms with E-state index in [4.69, 9.17) is 0 Å². The Kier molecular flexibility index (Phi) is 2.74. The molecule has 2 atom stereocenters. The minimum absolute atomic E-state index is 0.364. The average molecular weight is 206 g/mol. The van der Waals surface area contributed by atoms with Crippen molar-refractivity contribution in [2.75, 3.05) is 0 Å². The maximum absolute atomic E-state index is 12.0. The maximum atomic E-state index is 12.0. The van der Waals surface area contributed by atoms with Crippen LogP contribution >= 0.6 is 0 Å². The van der Waals surface area contributed by atoms with Crippen molar-refractivity contribution in [1.82, 2.24) is 0 Å². The molecule has 15 heavy (non-hydrogen) atoms. The van der Waals surface area contributed by atoms with Gasteiger partial charge in [-0.3, -0.25) is 4.79 Å². The van der Waals surface area contributed by atoms with Gasteiger partial charge in [0.1, 0.15) is 5.78 Å². The second kappa shape index (κ2) is 3.77. The van der Waals surface area contributed by atoms with E-state index in [1.807, 2.05) is 0 Å². The van der Waals surface area contributed by atoms with Crippen LogP contribution in [0.25, 0.3) is 0 Å². The van der Waals surface area contributed by atoms with Gasteiger partial charge in [-0.25, -0.2) is 0 Å². The van der Waals surface area contributed by atoms with Gasteiger partial charge in [-0.1, -0.05) is 25.5 Å². The Bertz CT molecular complexity index is 298. The van der Waals surface area contributed by atoms with Crippen molar-refractivity contribution in [3.8, 4) is 0 Å². The van der Waals surface area contributed by atoms with Crippen LogP contribution in [-0.2, 0) is 4.79 Å². The number of Topliss-reactive ketones (excluding diaryl/α,β-unsaturated/α-hetero) is 1. The topological polar surface area (TPSA) is 17.1 Å². The fourth-order valence-corrected chi connectivity index (χ4v) is 3.43. The molecule has 0 bridgehead atoms. The molecule has 0 unspecified atom stereocenters. The number of ketones is 1. The van der Waals surface area contributed by atoms with Crippen molar-refractivity contribution in [1.29, 1.82) is 0 Å². The van der Waals surface area contributed by atoms with Gasteiger partial charge in [-0.2, -0.15) is 0 Å². The van der Waals surface area contributed by atoms with Crippen molar-refractivity contribution in [3.63, 3.8) is 0 Å². The predicted octanol–water partition coefficient (Wildman–Crippen LogP) is 3.74. The van der Waals surface area contributed by atoms with Gasteiger partial charge in [0, 0.05) is 12.3 Å². The third-order valence-electron chi connectivity index (χ3n) is 4.04. The monoisotopic (exact) mass is 206 g/mol. The molecule has 84 valence electrons. The summed E-state index contributed by atoms with van der Waals surface area (Å²) in [5.41, 5.74) is 1.88. The van der Waals surface area contributed by atoms with Gasteiger partial charge in [0.25, 0.3) is 0 Å². The third kappa shape index (κ3) is 2.32. The maximum Gasteiger partial charge on any atom is 0.136 e. The van der Waals surface area contributed by atoms with Crippen LogP contribution in [0.2, 0.25) is 0 Å². The van der Waals surface area contributed by atoms with Crippen molar-refractivity contribution in [3.05, 3.63) is 11.6 Å². The molecule has 0 aromatic carbocycles. The number of hydrogen-bond donors (Lipinski definition) is 0. The van der Waals surface area contributed by atoms with E-state index in [-0.39, 0.29) is 0 Å². The van der Waals surface area contributed by atoms with Crippen LogP contribution in [0.15, 0.2) is 11.6 Å². The number of fused-ring (bicyclic) bond motifs is 1. The molecule has 2 rings (SSSR count). The molecule has 0 saturated heterocycles. The molecule has 0 aromatic rings. The van der Waals surface area contributed by atoms with E-state index in [1.54, 1.807) is 0 Å². The van der Waals surface area contributed by atoms with Gasteiger partial charge in [-0.05, 0) is 43.9 Å². The Morgan fingerprint density at radius 2 is 2.07 bits per heavy atom. The van der Waals surface area contributed by atoms with Gasteiger partial charge in [-0.15, -0.1) is 0 Å². The summed E-state index contributed by atoms with van der Waals surface area (Å²) in [5.74, 6) is 1.52. The van der Waals surface area contributed by atoms with E-state index in [2.05, 4.69) is 26.8 Å². The molecule has 1 nitrogen and oxygen atoms in total. The lowest BCUT2D eigenvalue weighted by Crippen LogP contribution is -2.20. The summed E-state index contributed by atoms with van der Waals surface area (Å²) in [6.07, 6.45) is 7.50. The quantitative estimate of drug-likeness (QED) is 0.552. The molecule has 0 heterocycles. The Labute approximate surface area is 92.9 Å². The summed E-state index contributed by atoms with van der Waals surface area (Å²) >= 11 is 0. The summed E-state index contributed by atoms with van der Waals surface area (Å²) in [6.45, 7) is 6.84. The molecule has 0 amide bonds. The van der Waals surface area contributed by atoms with Crippen LogP contribution in [0.4, 0.5) is 0 Å². The molecule has 2 aliphatic rings. The van der Waals surface area contributed by atoms with E-state index in [0.29, 0.717) is 23.0 Å². The zero-order chi connectivity index (χ0) is 11.1. The number of allylic oxidation sites excluding steroid dienone is 2. The van der Waals surface area contributed by atoms with Gasteiger partial charge >= 0.3 is 0 Å². The van der Waals surface area contributed by atoms with Crippen molar-refractivity contribution in [2.45, 2.75) is 52.9 Å². The van der Waals surface area contributed by atoms with E-state index in [9.17, 15) is 4.79 Å². The van der Waals surface area contributed by atoms with Crippen LogP contribution in [-0.4, -0.2) is 5.78 Å². The number of carbonyl (C=O) groups is 1. The summed E-state index contributed by atoms with van der Waals surface area (Å²) in [4.78, 5) is 12.0. The largest absolute Gasteiger partial charge is 0.299 e. The van der Waals surface area contributed by atoms with E-state index in [1.165, 1.54) is 12.0 Å². The van der Waals surface area contributed by atoms with Crippen molar-refractivity contribution < 1.29 is 4.79 Å². The van der Waals surface area contributed by atoms with Crippen LogP contribution in [0, 0.1) is 17.3 Å². The SMILES string of the molecule is C/C1=C/CCC(=O)[C@@H]2CC(C)(C)C[C@@H]2C1. The van der Waals surface area contributed by atoms with E-state index < -0.39 is 0 Å². The molecular formula is C14H22O. The highest BCUT2D eigenvalue weighted by atomic mass is 16.1. The lowest BCUT2D eigenvalue weighted by atomic mass is 9.83. The van der Waals surface area contributed by atoms with Gasteiger partial charge in [0.15, 0.2) is 0 Å². The molecule has 0 N–H and O–H groups in total. The standard InChI is InChI=1S/C14H22O/c1-10-5-4-6-13(15)12-9-14(2,3)8-11(12)7-10/h5,11-12H,4,6-9H2,1-3H3/b10-5-/t11-,12+/m0/s1. The molecule has 0 radical (unpaired) electrons. The fraction of sp³-hybridized carbons (Fsp3) is 0.786. The Morgan fingerprint density at radius 3 is 2.80 bits per heavy atom. The Balaban J connectivity index is 2.20. The number of rotatable bonds is 0. The first-order chi connectivity index (χ1) is 6.98. The molecule has 0 aromatic heterocycles. The number of carbonyl (C=O) groups excluding carboxylic acids is 1. The van der Waals surface area contributed by atoms with Crippen LogP contribution in [0.1, 0.15) is 52.9 Å². The normalized spacial score (nSPS) is 38.9. The summed E-state index contributed by atoms with van der Waals surface area (Å²) in [7, 11) is 0. The lowest BCUT2D eigenvalue weighted by molar-refractivity contribution is -0.124. The minimum atomic E-state index is 0.364. The van der Waals surface area contributed by atoms with E-state index in [0.717, 1.165) is 25.7 Å². The third-order valence-corrected chi connectivity index (χ3v) is 4.04. The van der Waals surface area contributed by atoms with Crippen molar-refractivity contribution in [2.24, 2.45) is 17.3 Å². The summed E-state index contributed by atoms with van der Waals surface area (Å²) in [6, 6.07) is 0. The lowest BCUT2D eigenvalue weighted by Gasteiger charge is -2.20. The predicted molar refractivity (Wildman–Crippen MR) is 62.6 cm³/mol. The minimum Gasteiger partial charge on any atom is -0.299 e. The zero-order valence-corrected chi connectivity index (χ0v) is 10.2. The number of hydrogen-bond acceptors (Lipinski definition) is 1. The Morgan fingerprint density at radius 1 is 1.33 bits per heavy atom. The van der Waals surface area contributed by atoms with Crippen molar-refractivity contribution >= 4 is 5.78 Å². The van der Waals surface area contributed by atoms with Crippen LogP contribution in [0.3, 0.4) is 0 Å². The molecule has 0 spiro atoms. The summed E-state index contributed by atoms with van der Waals surface area (Å²) < 4.78 is 0. The second-order valence-electron chi connectivity index (χ2n) is 6.20. The first kappa shape index (κ1) is 10.9. The molecular weight excluding hydrogens is 184 g/mol. The van der Waals surface area contributed by atoms with Crippen LogP contribution < -0.4 is 0 Å². The second-order valence-corrected chi connectivity index (χ2v) is 6.20. The average Bonchev–Trinajstić information content (AvgIpc) is 2.39. The Hall–Kier alpha value is -0.590. The molecule has 1 saturated carbocycles. The molecule has 2 aliphatic carbocycles. The van der Waals surface area contributed by atoms with E-state index >= 15 is 0 Å². The molecule has 0 aliphatic heterocycles. The summed E-state index contributed by atoms with van der Waals surface area (Å²) in [5, 5.41) is 0. The van der Waals surface area contributed by atoms with Crippen LogP contribution in [0.5, 0.6) is 0 Å². The van der Waals surface area contributed by atoms with Gasteiger partial charge in [0.2, 0.25) is 0 Å². The highest BCUT2D eigenvalue weighted by Crippen LogP contribution is 2.48. The first-order valence-corrected chi connectivity index (χ1v) is 6.16. The molecule has 1 heteroatoms. The molecule has 1 fully saturated rings.